The molecule has 1 atom stereocenters. The molecule has 10 heteroatoms. The third-order valence-electron chi connectivity index (χ3n) is 5.68. The van der Waals surface area contributed by atoms with Gasteiger partial charge in [0.15, 0.2) is 0 Å². The number of esters is 1. The van der Waals surface area contributed by atoms with E-state index in [-0.39, 0.29) is 43.6 Å². The van der Waals surface area contributed by atoms with Crippen molar-refractivity contribution in [3.63, 3.8) is 0 Å². The highest BCUT2D eigenvalue weighted by Crippen LogP contribution is 2.32. The molecule has 0 saturated carbocycles. The number of rotatable bonds is 5. The lowest BCUT2D eigenvalue weighted by atomic mass is 9.87. The highest BCUT2D eigenvalue weighted by Gasteiger charge is 2.37. The fourth-order valence-corrected chi connectivity index (χ4v) is 4.01. The Morgan fingerprint density at radius 3 is 2.55 bits per heavy atom. The fourth-order valence-electron chi connectivity index (χ4n) is 4.01. The summed E-state index contributed by atoms with van der Waals surface area (Å²) in [6.45, 7) is 5.84. The van der Waals surface area contributed by atoms with E-state index in [1.807, 2.05) is 0 Å². The van der Waals surface area contributed by atoms with Gasteiger partial charge in [-0.3, -0.25) is 24.5 Å². The first-order valence-corrected chi connectivity index (χ1v) is 11.0. The van der Waals surface area contributed by atoms with E-state index in [4.69, 9.17) is 4.74 Å². The molecule has 3 N–H and O–H groups in total. The Labute approximate surface area is 191 Å². The molecule has 2 saturated heterocycles. The zero-order valence-corrected chi connectivity index (χ0v) is 19.1. The summed E-state index contributed by atoms with van der Waals surface area (Å²) in [5.74, 6) is -2.55. The van der Waals surface area contributed by atoms with Gasteiger partial charge in [-0.05, 0) is 58.2 Å². The van der Waals surface area contributed by atoms with Crippen LogP contribution in [0.25, 0.3) is 0 Å². The van der Waals surface area contributed by atoms with Crippen LogP contribution in [0.5, 0.6) is 0 Å². The summed E-state index contributed by atoms with van der Waals surface area (Å²) in [5.41, 5.74) is -1.39. The second-order valence-electron chi connectivity index (χ2n) is 9.61. The van der Waals surface area contributed by atoms with Crippen molar-refractivity contribution in [3.05, 3.63) is 29.6 Å². The molecule has 3 amide bonds. The number of imide groups is 1. The molecule has 1 aromatic rings. The van der Waals surface area contributed by atoms with Gasteiger partial charge in [0.05, 0.1) is 23.3 Å². The molecule has 33 heavy (non-hydrogen) atoms. The predicted octanol–water partition coefficient (Wildman–Crippen LogP) is 1.42. The number of aliphatic hydroxyl groups is 1. The van der Waals surface area contributed by atoms with E-state index in [9.17, 15) is 28.7 Å². The van der Waals surface area contributed by atoms with Crippen LogP contribution in [-0.2, 0) is 19.1 Å². The Balaban J connectivity index is 1.68. The Kier molecular flexibility index (Phi) is 7.06. The first kappa shape index (κ1) is 24.6. The maximum absolute atomic E-state index is 14.0. The van der Waals surface area contributed by atoms with E-state index in [1.165, 1.54) is 12.1 Å². The Bertz CT molecular complexity index is 950. The van der Waals surface area contributed by atoms with Gasteiger partial charge in [0.2, 0.25) is 11.8 Å². The van der Waals surface area contributed by atoms with Crippen molar-refractivity contribution >= 4 is 29.4 Å². The molecule has 1 aromatic carbocycles. The van der Waals surface area contributed by atoms with Crippen molar-refractivity contribution in [1.29, 1.82) is 0 Å². The quantitative estimate of drug-likeness (QED) is 0.446. The molecule has 0 bridgehead atoms. The van der Waals surface area contributed by atoms with Crippen LogP contribution in [0, 0.1) is 5.82 Å². The van der Waals surface area contributed by atoms with Crippen molar-refractivity contribution in [1.82, 2.24) is 10.6 Å². The van der Waals surface area contributed by atoms with Gasteiger partial charge in [-0.1, -0.05) is 0 Å². The van der Waals surface area contributed by atoms with Crippen LogP contribution < -0.4 is 15.5 Å². The largest absolute Gasteiger partial charge is 0.460 e. The summed E-state index contributed by atoms with van der Waals surface area (Å²) < 4.78 is 19.3. The van der Waals surface area contributed by atoms with Crippen LogP contribution in [0.2, 0.25) is 0 Å². The fraction of sp³-hybridized carbons (Fsp3) is 0.565. The van der Waals surface area contributed by atoms with Gasteiger partial charge < -0.3 is 20.1 Å². The summed E-state index contributed by atoms with van der Waals surface area (Å²) in [7, 11) is 0. The predicted molar refractivity (Wildman–Crippen MR) is 117 cm³/mol. The van der Waals surface area contributed by atoms with E-state index in [0.29, 0.717) is 18.8 Å². The molecule has 0 unspecified atom stereocenters. The number of piperidine rings is 2. The van der Waals surface area contributed by atoms with E-state index in [2.05, 4.69) is 10.6 Å². The van der Waals surface area contributed by atoms with Gasteiger partial charge >= 0.3 is 5.97 Å². The van der Waals surface area contributed by atoms with Crippen molar-refractivity contribution in [2.24, 2.45) is 0 Å². The molecule has 9 nitrogen and oxygen atoms in total. The number of anilines is 1. The van der Waals surface area contributed by atoms with E-state index in [1.54, 1.807) is 25.7 Å². The second-order valence-corrected chi connectivity index (χ2v) is 9.61. The van der Waals surface area contributed by atoms with Gasteiger partial charge in [-0.2, -0.15) is 0 Å². The first-order valence-electron chi connectivity index (χ1n) is 11.0. The SMILES string of the molecule is CC(C)(C)OC(=O)CC1(O)CCN(c2cc(F)ccc2C(=O)N[C@H]2CCC(=O)NC2=O)CC1. The number of amides is 3. The standard InChI is InChI=1S/C23H30FN3O6/c1-22(2,3)33-19(29)13-23(32)8-10-27(11-9-23)17-12-14(24)4-5-15(17)20(30)25-16-6-7-18(28)26-21(16)31/h4-5,12,16,32H,6-11,13H2,1-3H3,(H,25,30)(H,26,28,31)/t16-/m0/s1. The maximum Gasteiger partial charge on any atom is 0.309 e. The number of hydrogen-bond donors (Lipinski definition) is 3. The summed E-state index contributed by atoms with van der Waals surface area (Å²) in [4.78, 5) is 50.1. The molecule has 0 radical (unpaired) electrons. The molecule has 0 aromatic heterocycles. The Morgan fingerprint density at radius 2 is 1.94 bits per heavy atom. The zero-order chi connectivity index (χ0) is 24.4. The minimum absolute atomic E-state index is 0.120. The first-order chi connectivity index (χ1) is 15.3. The van der Waals surface area contributed by atoms with Crippen LogP contribution in [0.4, 0.5) is 10.1 Å². The Hall–Kier alpha value is -3.01. The molecule has 2 heterocycles. The number of carbonyl (C=O) groups excluding carboxylic acids is 4. The molecule has 2 aliphatic heterocycles. The van der Waals surface area contributed by atoms with Crippen LogP contribution in [0.3, 0.4) is 0 Å². The number of benzene rings is 1. The Morgan fingerprint density at radius 1 is 1.27 bits per heavy atom. The number of carbonyl (C=O) groups is 4. The topological polar surface area (TPSA) is 125 Å². The van der Waals surface area contributed by atoms with E-state index < -0.39 is 40.8 Å². The number of halogens is 1. The van der Waals surface area contributed by atoms with Gasteiger partial charge in [-0.25, -0.2) is 4.39 Å². The summed E-state index contributed by atoms with van der Waals surface area (Å²) in [5, 5.41) is 15.6. The molecule has 2 fully saturated rings. The molecular weight excluding hydrogens is 433 g/mol. The molecular formula is C23H30FN3O6. The van der Waals surface area contributed by atoms with Crippen LogP contribution in [0.1, 0.15) is 63.2 Å². The van der Waals surface area contributed by atoms with Crippen LogP contribution in [-0.4, -0.2) is 59.1 Å². The lowest BCUT2D eigenvalue weighted by Crippen LogP contribution is -2.52. The smallest absolute Gasteiger partial charge is 0.309 e. The minimum atomic E-state index is -1.25. The number of hydrogen-bond acceptors (Lipinski definition) is 7. The summed E-state index contributed by atoms with van der Waals surface area (Å²) in [6, 6.07) is 2.88. The lowest BCUT2D eigenvalue weighted by molar-refractivity contribution is -0.161. The second kappa shape index (κ2) is 9.46. The van der Waals surface area contributed by atoms with Crippen molar-refractivity contribution < 1.29 is 33.4 Å². The lowest BCUT2D eigenvalue weighted by Gasteiger charge is -2.39. The normalized spacial score (nSPS) is 20.8. The average molecular weight is 464 g/mol. The average Bonchev–Trinajstić information content (AvgIpc) is 2.68. The molecule has 180 valence electrons. The van der Waals surface area contributed by atoms with Crippen molar-refractivity contribution in [3.8, 4) is 0 Å². The van der Waals surface area contributed by atoms with Crippen molar-refractivity contribution in [2.45, 2.75) is 70.1 Å². The van der Waals surface area contributed by atoms with Gasteiger partial charge in [0.25, 0.3) is 5.91 Å². The van der Waals surface area contributed by atoms with E-state index in [0.717, 1.165) is 6.07 Å². The number of nitrogens with one attached hydrogen (secondary N) is 2. The number of ether oxygens (including phenoxy) is 1. The monoisotopic (exact) mass is 463 g/mol. The highest BCUT2D eigenvalue weighted by molar-refractivity contribution is 6.05. The minimum Gasteiger partial charge on any atom is -0.460 e. The maximum atomic E-state index is 14.0. The zero-order valence-electron chi connectivity index (χ0n) is 19.1. The van der Waals surface area contributed by atoms with Gasteiger partial charge in [0.1, 0.15) is 17.5 Å². The van der Waals surface area contributed by atoms with Gasteiger partial charge in [0, 0.05) is 19.5 Å². The molecule has 0 spiro atoms. The molecule has 2 aliphatic rings. The van der Waals surface area contributed by atoms with Crippen LogP contribution >= 0.6 is 0 Å². The van der Waals surface area contributed by atoms with Gasteiger partial charge in [-0.15, -0.1) is 0 Å². The molecule has 0 aliphatic carbocycles. The van der Waals surface area contributed by atoms with E-state index >= 15 is 0 Å². The third-order valence-corrected chi connectivity index (χ3v) is 5.68. The highest BCUT2D eigenvalue weighted by atomic mass is 19.1. The number of nitrogens with zero attached hydrogens (tertiary/aromatic N) is 1. The molecule has 3 rings (SSSR count). The van der Waals surface area contributed by atoms with Crippen molar-refractivity contribution in [2.75, 3.05) is 18.0 Å². The third kappa shape index (κ3) is 6.50. The summed E-state index contributed by atoms with van der Waals surface area (Å²) in [6.07, 6.45) is 0.627. The summed E-state index contributed by atoms with van der Waals surface area (Å²) >= 11 is 0. The van der Waals surface area contributed by atoms with Crippen LogP contribution in [0.15, 0.2) is 18.2 Å².